The number of hydrogen-bond acceptors (Lipinski definition) is 6. The number of rotatable bonds is 6. The van der Waals surface area contributed by atoms with E-state index in [9.17, 15) is 4.79 Å². The van der Waals surface area contributed by atoms with Crippen molar-refractivity contribution in [3.8, 4) is 23.0 Å². The van der Waals surface area contributed by atoms with Crippen molar-refractivity contribution < 1.29 is 18.7 Å². The lowest BCUT2D eigenvalue weighted by Gasteiger charge is -2.10. The van der Waals surface area contributed by atoms with Crippen LogP contribution >= 0.6 is 28.1 Å². The molecule has 168 valence electrons. The molecule has 4 aromatic rings. The Hall–Kier alpha value is -3.43. The van der Waals surface area contributed by atoms with Crippen LogP contribution in [0.1, 0.15) is 5.56 Å². The molecule has 0 aliphatic carbocycles. The third-order valence-electron chi connectivity index (χ3n) is 4.66. The molecule has 0 bridgehead atoms. The molecule has 2 N–H and O–H groups in total. The first-order valence-electron chi connectivity index (χ1n) is 9.96. The van der Waals surface area contributed by atoms with E-state index >= 15 is 0 Å². The van der Waals surface area contributed by atoms with Gasteiger partial charge in [-0.15, -0.1) is 0 Å². The van der Waals surface area contributed by atoms with Crippen molar-refractivity contribution in [2.45, 2.75) is 6.92 Å². The largest absolute Gasteiger partial charge is 0.496 e. The van der Waals surface area contributed by atoms with E-state index in [1.54, 1.807) is 31.4 Å². The summed E-state index contributed by atoms with van der Waals surface area (Å²) in [6.45, 7) is 1.81. The predicted octanol–water partition coefficient (Wildman–Crippen LogP) is 5.47. The molecule has 33 heavy (non-hydrogen) atoms. The van der Waals surface area contributed by atoms with Crippen LogP contribution in [0.5, 0.6) is 11.5 Å². The first kappa shape index (κ1) is 22.8. The minimum absolute atomic E-state index is 0.144. The quantitative estimate of drug-likeness (QED) is 0.323. The number of carbonyl (C=O) groups excluding carboxylic acids is 1. The number of nitrogens with one attached hydrogen (secondary N) is 2. The average Bonchev–Trinajstić information content (AvgIpc) is 3.21. The highest BCUT2D eigenvalue weighted by molar-refractivity contribution is 9.10. The molecule has 0 saturated heterocycles. The zero-order valence-electron chi connectivity index (χ0n) is 17.8. The van der Waals surface area contributed by atoms with Gasteiger partial charge in [0.05, 0.1) is 11.6 Å². The fourth-order valence-corrected chi connectivity index (χ4v) is 3.88. The summed E-state index contributed by atoms with van der Waals surface area (Å²) in [5.41, 5.74) is 3.81. The van der Waals surface area contributed by atoms with Crippen molar-refractivity contribution >= 4 is 56.0 Å². The highest BCUT2D eigenvalue weighted by Gasteiger charge is 2.12. The molecule has 0 radical (unpaired) electrons. The van der Waals surface area contributed by atoms with Crippen molar-refractivity contribution in [1.29, 1.82) is 0 Å². The Morgan fingerprint density at radius 2 is 2.00 bits per heavy atom. The number of hydrogen-bond donors (Lipinski definition) is 2. The van der Waals surface area contributed by atoms with Gasteiger partial charge in [-0.1, -0.05) is 12.1 Å². The lowest BCUT2D eigenvalue weighted by molar-refractivity contribution is -0.121. The Morgan fingerprint density at radius 3 is 2.76 bits per heavy atom. The van der Waals surface area contributed by atoms with Crippen LogP contribution in [0.25, 0.3) is 22.6 Å². The van der Waals surface area contributed by atoms with E-state index in [1.807, 2.05) is 43.3 Å². The van der Waals surface area contributed by atoms with Crippen LogP contribution in [0.2, 0.25) is 0 Å². The summed E-state index contributed by atoms with van der Waals surface area (Å²) in [5, 5.41) is 5.75. The van der Waals surface area contributed by atoms with Crippen LogP contribution < -0.4 is 20.1 Å². The number of anilines is 1. The zero-order chi connectivity index (χ0) is 23.4. The van der Waals surface area contributed by atoms with E-state index in [0.29, 0.717) is 28.4 Å². The molecule has 0 atom stereocenters. The normalized spacial score (nSPS) is 10.6. The van der Waals surface area contributed by atoms with Gasteiger partial charge >= 0.3 is 0 Å². The molecule has 9 heteroatoms. The molecule has 0 aliphatic heterocycles. The predicted molar refractivity (Wildman–Crippen MR) is 135 cm³/mol. The van der Waals surface area contributed by atoms with Gasteiger partial charge in [-0.3, -0.25) is 10.1 Å². The molecule has 0 saturated carbocycles. The minimum Gasteiger partial charge on any atom is -0.496 e. The molecule has 4 rings (SSSR count). The number of oxazole rings is 1. The summed E-state index contributed by atoms with van der Waals surface area (Å²) in [6, 6.07) is 18.4. The second-order valence-corrected chi connectivity index (χ2v) is 8.42. The van der Waals surface area contributed by atoms with Gasteiger partial charge in [-0.05, 0) is 89.2 Å². The highest BCUT2D eigenvalue weighted by Crippen LogP contribution is 2.32. The van der Waals surface area contributed by atoms with Crippen LogP contribution in [0.15, 0.2) is 69.6 Å². The number of ether oxygens (including phenoxy) is 2. The maximum absolute atomic E-state index is 12.1. The molecular weight excluding hydrogens is 506 g/mol. The van der Waals surface area contributed by atoms with E-state index in [1.165, 1.54) is 0 Å². The van der Waals surface area contributed by atoms with Gasteiger partial charge in [-0.25, -0.2) is 4.98 Å². The van der Waals surface area contributed by atoms with Crippen LogP contribution in [0, 0.1) is 6.92 Å². The second-order valence-electron chi connectivity index (χ2n) is 7.16. The van der Waals surface area contributed by atoms with Gasteiger partial charge in [0.25, 0.3) is 5.91 Å². The summed E-state index contributed by atoms with van der Waals surface area (Å²) in [7, 11) is 1.61. The number of methoxy groups -OCH3 is 1. The molecule has 7 nitrogen and oxygen atoms in total. The Bertz CT molecular complexity index is 1340. The molecule has 3 aromatic carbocycles. The Kier molecular flexibility index (Phi) is 6.90. The average molecular weight is 526 g/mol. The summed E-state index contributed by atoms with van der Waals surface area (Å²) >= 11 is 8.72. The highest BCUT2D eigenvalue weighted by atomic mass is 79.9. The van der Waals surface area contributed by atoms with Crippen LogP contribution in [-0.4, -0.2) is 29.7 Å². The van der Waals surface area contributed by atoms with E-state index in [4.69, 9.17) is 26.1 Å². The van der Waals surface area contributed by atoms with Gasteiger partial charge in [0, 0.05) is 11.3 Å². The Morgan fingerprint density at radius 1 is 1.15 bits per heavy atom. The topological polar surface area (TPSA) is 85.6 Å². The van der Waals surface area contributed by atoms with Gasteiger partial charge < -0.3 is 19.2 Å². The van der Waals surface area contributed by atoms with Crippen molar-refractivity contribution in [3.63, 3.8) is 0 Å². The van der Waals surface area contributed by atoms with E-state index in [-0.39, 0.29) is 17.6 Å². The molecule has 0 aliphatic rings. The van der Waals surface area contributed by atoms with Gasteiger partial charge in [0.15, 0.2) is 17.3 Å². The number of benzene rings is 3. The Balaban J connectivity index is 1.38. The van der Waals surface area contributed by atoms with Crippen molar-refractivity contribution in [3.05, 3.63) is 70.7 Å². The van der Waals surface area contributed by atoms with Gasteiger partial charge in [0.2, 0.25) is 5.89 Å². The van der Waals surface area contributed by atoms with Gasteiger partial charge in [0.1, 0.15) is 17.0 Å². The molecular formula is C24H20BrN3O4S. The molecule has 0 fully saturated rings. The van der Waals surface area contributed by atoms with Gasteiger partial charge in [-0.2, -0.15) is 0 Å². The monoisotopic (exact) mass is 525 g/mol. The second kappa shape index (κ2) is 10.0. The number of fused-ring (bicyclic) bond motifs is 1. The fraction of sp³-hybridized carbons (Fsp3) is 0.125. The van der Waals surface area contributed by atoms with Crippen molar-refractivity contribution in [1.82, 2.24) is 10.3 Å². The Labute approximate surface area is 204 Å². The fourth-order valence-electron chi connectivity index (χ4n) is 3.11. The molecule has 0 spiro atoms. The first-order chi connectivity index (χ1) is 15.9. The SMILES string of the molecule is COc1ccc(-c2nc3cc(NC(=S)NC(=O)COc4cccc(C)c4)ccc3o2)cc1Br. The number of carbonyl (C=O) groups is 1. The number of thiocarbonyl (C=S) groups is 1. The third kappa shape index (κ3) is 5.68. The van der Waals surface area contributed by atoms with E-state index in [2.05, 4.69) is 31.5 Å². The van der Waals surface area contributed by atoms with Crippen LogP contribution in [0.3, 0.4) is 0 Å². The van der Waals surface area contributed by atoms with Crippen molar-refractivity contribution in [2.75, 3.05) is 19.0 Å². The summed E-state index contributed by atoms with van der Waals surface area (Å²) in [5.74, 6) is 1.47. The first-order valence-corrected chi connectivity index (χ1v) is 11.2. The van der Waals surface area contributed by atoms with Crippen LogP contribution in [-0.2, 0) is 4.79 Å². The number of aryl methyl sites for hydroxylation is 1. The zero-order valence-corrected chi connectivity index (χ0v) is 20.2. The summed E-state index contributed by atoms with van der Waals surface area (Å²) in [4.78, 5) is 16.7. The smallest absolute Gasteiger partial charge is 0.264 e. The summed E-state index contributed by atoms with van der Waals surface area (Å²) < 4.78 is 17.4. The van der Waals surface area contributed by atoms with E-state index < -0.39 is 0 Å². The molecule has 0 unspecified atom stereocenters. The van der Waals surface area contributed by atoms with Crippen LogP contribution in [0.4, 0.5) is 5.69 Å². The minimum atomic E-state index is -0.358. The standard InChI is InChI=1S/C24H20BrN3O4S/c1-14-4-3-5-17(10-14)31-13-22(29)28-24(33)26-16-7-9-21-19(12-16)27-23(32-21)15-6-8-20(30-2)18(25)11-15/h3-12H,13H2,1-2H3,(H2,26,28,29,33). The molecule has 1 aromatic heterocycles. The number of nitrogens with zero attached hydrogens (tertiary/aromatic N) is 1. The summed E-state index contributed by atoms with van der Waals surface area (Å²) in [6.07, 6.45) is 0. The maximum atomic E-state index is 12.1. The third-order valence-corrected chi connectivity index (χ3v) is 5.48. The number of amides is 1. The lowest BCUT2D eigenvalue weighted by atomic mass is 10.2. The molecule has 1 amide bonds. The van der Waals surface area contributed by atoms with Crippen molar-refractivity contribution in [2.24, 2.45) is 0 Å². The number of aromatic nitrogens is 1. The lowest BCUT2D eigenvalue weighted by Crippen LogP contribution is -2.37. The number of halogens is 1. The van der Waals surface area contributed by atoms with E-state index in [0.717, 1.165) is 21.3 Å². The molecule has 1 heterocycles. The maximum Gasteiger partial charge on any atom is 0.264 e.